The summed E-state index contributed by atoms with van der Waals surface area (Å²) in [6.45, 7) is 2.99. The molecule has 1 saturated heterocycles. The lowest BCUT2D eigenvalue weighted by atomic mass is 9.96. The van der Waals surface area contributed by atoms with Crippen LogP contribution in [0, 0.1) is 5.92 Å². The van der Waals surface area contributed by atoms with E-state index in [1.54, 1.807) is 23.3 Å². The van der Waals surface area contributed by atoms with Gasteiger partial charge in [-0.05, 0) is 50.4 Å². The molecule has 0 aromatic carbocycles. The molecule has 3 rings (SSSR count). The second kappa shape index (κ2) is 8.13. The van der Waals surface area contributed by atoms with E-state index in [1.807, 2.05) is 0 Å². The van der Waals surface area contributed by atoms with Crippen LogP contribution in [0.3, 0.4) is 0 Å². The van der Waals surface area contributed by atoms with E-state index < -0.39 is 10.0 Å². The topological polar surface area (TPSA) is 90.9 Å². The summed E-state index contributed by atoms with van der Waals surface area (Å²) in [6.07, 6.45) is 8.41. The molecule has 0 aromatic rings. The molecule has 1 atom stereocenters. The highest BCUT2D eigenvalue weighted by molar-refractivity contribution is 7.90. The van der Waals surface area contributed by atoms with Gasteiger partial charge in [0.15, 0.2) is 5.84 Å². The maximum absolute atomic E-state index is 12.4. The van der Waals surface area contributed by atoms with E-state index in [2.05, 4.69) is 15.0 Å². The van der Waals surface area contributed by atoms with Gasteiger partial charge >= 0.3 is 0 Å². The lowest BCUT2D eigenvalue weighted by Crippen LogP contribution is -2.42. The molecule has 1 fully saturated rings. The van der Waals surface area contributed by atoms with Crippen molar-refractivity contribution in [3.63, 3.8) is 0 Å². The van der Waals surface area contributed by atoms with Gasteiger partial charge < -0.3 is 15.5 Å². The van der Waals surface area contributed by atoms with E-state index in [-0.39, 0.29) is 29.9 Å². The number of piperidine rings is 1. The molecule has 1 unspecified atom stereocenters. The monoisotopic (exact) mass is 374 g/mol. The number of nitrogens with one attached hydrogen (secondary N) is 2. The molecule has 2 N–H and O–H groups in total. The number of amidine groups is 1. The van der Waals surface area contributed by atoms with Crippen molar-refractivity contribution in [3.05, 3.63) is 23.9 Å². The Hall–Kier alpha value is -1.38. The van der Waals surface area contributed by atoms with E-state index in [0.29, 0.717) is 24.6 Å². The first-order chi connectivity index (χ1) is 11.1. The predicted molar refractivity (Wildman–Crippen MR) is 95.6 cm³/mol. The molecule has 0 saturated carbocycles. The number of rotatable bonds is 4. The largest absolute Gasteiger partial charge is 0.352 e. The Morgan fingerprint density at radius 2 is 2.29 bits per heavy atom. The van der Waals surface area contributed by atoms with Gasteiger partial charge in [-0.2, -0.15) is 0 Å². The van der Waals surface area contributed by atoms with Crippen LogP contribution in [0.5, 0.6) is 0 Å². The third kappa shape index (κ3) is 4.58. The molecule has 3 aliphatic heterocycles. The summed E-state index contributed by atoms with van der Waals surface area (Å²) < 4.78 is 27.1. The highest BCUT2D eigenvalue weighted by atomic mass is 35.5. The van der Waals surface area contributed by atoms with Crippen LogP contribution in [0.15, 0.2) is 28.3 Å². The Balaban J connectivity index is 0.00000208. The fraction of sp³-hybridized carbons (Fsp3) is 0.600. The average molecular weight is 375 g/mol. The molecule has 24 heavy (non-hydrogen) atoms. The lowest BCUT2D eigenvalue weighted by Gasteiger charge is -2.28. The Morgan fingerprint density at radius 1 is 1.46 bits per heavy atom. The number of amides is 1. The number of nitrogens with zero attached hydrogens (tertiary/aromatic N) is 2. The van der Waals surface area contributed by atoms with Gasteiger partial charge in [-0.25, -0.2) is 8.42 Å². The molecule has 0 aromatic heterocycles. The van der Waals surface area contributed by atoms with Crippen LogP contribution in [0.25, 0.3) is 0 Å². The second-order valence-corrected chi connectivity index (χ2v) is 7.83. The number of hydrogen-bond donors (Lipinski definition) is 2. The van der Waals surface area contributed by atoms with Crippen LogP contribution in [-0.2, 0) is 14.8 Å². The molecular weight excluding hydrogens is 352 g/mol. The van der Waals surface area contributed by atoms with Gasteiger partial charge in [-0.3, -0.25) is 4.79 Å². The summed E-state index contributed by atoms with van der Waals surface area (Å²) >= 11 is 0. The van der Waals surface area contributed by atoms with Crippen molar-refractivity contribution in [3.8, 4) is 0 Å². The van der Waals surface area contributed by atoms with Gasteiger partial charge in [0.1, 0.15) is 0 Å². The molecule has 0 bridgehead atoms. The molecule has 0 radical (unpaired) electrons. The molecule has 0 aliphatic carbocycles. The zero-order valence-electron chi connectivity index (χ0n) is 13.4. The van der Waals surface area contributed by atoms with Gasteiger partial charge in [-0.1, -0.05) is 0 Å². The predicted octanol–water partition coefficient (Wildman–Crippen LogP) is 0.412. The van der Waals surface area contributed by atoms with Crippen molar-refractivity contribution < 1.29 is 13.2 Å². The van der Waals surface area contributed by atoms with Crippen LogP contribution < -0.4 is 10.6 Å². The quantitative estimate of drug-likeness (QED) is 0.743. The first kappa shape index (κ1) is 19.0. The molecule has 3 heterocycles. The first-order valence-corrected chi connectivity index (χ1v) is 9.63. The van der Waals surface area contributed by atoms with Crippen LogP contribution in [0.4, 0.5) is 0 Å². The Labute approximate surface area is 148 Å². The van der Waals surface area contributed by atoms with Crippen molar-refractivity contribution in [2.75, 3.05) is 31.9 Å². The Kier molecular flexibility index (Phi) is 6.42. The number of carbonyl (C=O) groups excluding carboxylic acids is 1. The average Bonchev–Trinajstić information content (AvgIpc) is 2.54. The van der Waals surface area contributed by atoms with Crippen molar-refractivity contribution in [1.29, 1.82) is 0 Å². The van der Waals surface area contributed by atoms with E-state index in [4.69, 9.17) is 0 Å². The van der Waals surface area contributed by atoms with E-state index in [0.717, 1.165) is 19.5 Å². The van der Waals surface area contributed by atoms with Gasteiger partial charge in [0, 0.05) is 19.3 Å². The first-order valence-electron chi connectivity index (χ1n) is 8.02. The molecule has 3 aliphatic rings. The minimum absolute atomic E-state index is 0. The summed E-state index contributed by atoms with van der Waals surface area (Å²) in [5.74, 6) is 0.535. The Morgan fingerprint density at radius 3 is 3.04 bits per heavy atom. The number of fused-ring (bicyclic) bond motifs is 1. The van der Waals surface area contributed by atoms with Crippen molar-refractivity contribution in [1.82, 2.24) is 15.5 Å². The van der Waals surface area contributed by atoms with E-state index in [9.17, 15) is 13.2 Å². The molecule has 0 spiro atoms. The van der Waals surface area contributed by atoms with Crippen LogP contribution in [0.1, 0.15) is 19.3 Å². The second-order valence-electron chi connectivity index (χ2n) is 6.07. The van der Waals surface area contributed by atoms with Crippen LogP contribution >= 0.6 is 12.4 Å². The maximum Gasteiger partial charge on any atom is 0.256 e. The van der Waals surface area contributed by atoms with Crippen molar-refractivity contribution >= 4 is 34.2 Å². The minimum atomic E-state index is -3.47. The number of sulfonamides is 1. The van der Waals surface area contributed by atoms with Gasteiger partial charge in [0.05, 0.1) is 11.3 Å². The lowest BCUT2D eigenvalue weighted by molar-refractivity contribution is -0.117. The van der Waals surface area contributed by atoms with Crippen molar-refractivity contribution in [2.45, 2.75) is 19.3 Å². The zero-order chi connectivity index (χ0) is 16.3. The van der Waals surface area contributed by atoms with E-state index in [1.165, 1.54) is 12.8 Å². The van der Waals surface area contributed by atoms with Crippen molar-refractivity contribution in [2.24, 2.45) is 10.3 Å². The molecule has 9 heteroatoms. The number of allylic oxidation sites excluding steroid dienone is 2. The SMILES string of the molecule is Cl.O=C(NCCC1CCCNC1)C1=CC=CN2CCS(=O)(=O)N=C12. The van der Waals surface area contributed by atoms with Gasteiger partial charge in [-0.15, -0.1) is 16.8 Å². The summed E-state index contributed by atoms with van der Waals surface area (Å²) in [4.78, 5) is 14.1. The smallest absolute Gasteiger partial charge is 0.256 e. The highest BCUT2D eigenvalue weighted by Crippen LogP contribution is 2.18. The normalized spacial score (nSPS) is 25.0. The zero-order valence-corrected chi connectivity index (χ0v) is 15.0. The minimum Gasteiger partial charge on any atom is -0.352 e. The number of carbonyl (C=O) groups is 1. The standard InChI is InChI=1S/C15H22N4O3S.ClH/c20-15(17-7-5-12-3-1-6-16-11-12)13-4-2-8-19-9-10-23(21,22)18-14(13)19;/h2,4,8,12,16H,1,3,5-7,9-11H2,(H,17,20);1H. The van der Waals surface area contributed by atoms with Crippen LogP contribution in [-0.4, -0.2) is 57.0 Å². The fourth-order valence-electron chi connectivity index (χ4n) is 3.05. The molecule has 7 nitrogen and oxygen atoms in total. The number of halogens is 1. The molecular formula is C15H23ClN4O3S. The third-order valence-corrected chi connectivity index (χ3v) is 5.49. The highest BCUT2D eigenvalue weighted by Gasteiger charge is 2.29. The Bertz CT molecular complexity index is 666. The summed E-state index contributed by atoms with van der Waals surface area (Å²) in [6, 6.07) is 0. The van der Waals surface area contributed by atoms with E-state index >= 15 is 0 Å². The fourth-order valence-corrected chi connectivity index (χ4v) is 4.03. The van der Waals surface area contributed by atoms with Gasteiger partial charge in [0.25, 0.3) is 15.9 Å². The van der Waals surface area contributed by atoms with Gasteiger partial charge in [0.2, 0.25) is 0 Å². The third-order valence-electron chi connectivity index (χ3n) is 4.34. The summed E-state index contributed by atoms with van der Waals surface area (Å²) in [5.41, 5.74) is 0.317. The molecule has 1 amide bonds. The van der Waals surface area contributed by atoms with Crippen LogP contribution in [0.2, 0.25) is 0 Å². The summed E-state index contributed by atoms with van der Waals surface area (Å²) in [5, 5.41) is 6.25. The number of hydrogen-bond acceptors (Lipinski definition) is 5. The maximum atomic E-state index is 12.4. The molecule has 134 valence electrons. The summed E-state index contributed by atoms with van der Waals surface area (Å²) in [7, 11) is -3.47.